The van der Waals surface area contributed by atoms with Crippen LogP contribution in [0.1, 0.15) is 36.9 Å². The molecule has 0 unspecified atom stereocenters. The summed E-state index contributed by atoms with van der Waals surface area (Å²) in [5.41, 5.74) is 5.08. The normalized spacial score (nSPS) is 19.1. The maximum absolute atomic E-state index is 15.0. The summed E-state index contributed by atoms with van der Waals surface area (Å²) in [6, 6.07) is 5.77. The zero-order valence-corrected chi connectivity index (χ0v) is 18.7. The first-order valence-corrected chi connectivity index (χ1v) is 11.3. The molecule has 5 heterocycles. The Balaban J connectivity index is 1.33. The minimum Gasteiger partial charge on any atom is -0.423 e. The molecule has 2 fully saturated rings. The number of anilines is 1. The molecule has 32 heavy (non-hydrogen) atoms. The highest BCUT2D eigenvalue weighted by Gasteiger charge is 2.41. The number of aryl methyl sites for hydroxylation is 2. The number of likely N-dealkylation sites (tertiary alicyclic amines) is 1. The van der Waals surface area contributed by atoms with Crippen LogP contribution in [-0.2, 0) is 0 Å². The lowest BCUT2D eigenvalue weighted by atomic mass is 9.85. The number of nitrogens with zero attached hydrogens (tertiary/aromatic N) is 6. The smallest absolute Gasteiger partial charge is 0.298 e. The molecule has 166 valence electrons. The van der Waals surface area contributed by atoms with Crippen LogP contribution in [0.3, 0.4) is 0 Å². The Morgan fingerprint density at radius 1 is 1.03 bits per heavy atom. The number of fused-ring (bicyclic) bond motifs is 2. The number of hydrogen-bond acceptors (Lipinski definition) is 6. The molecule has 0 aliphatic carbocycles. The second-order valence-electron chi connectivity index (χ2n) is 9.40. The Hall–Kier alpha value is -3.00. The number of imidazole rings is 1. The molecule has 1 spiro atoms. The number of aromatic nitrogens is 4. The molecule has 0 saturated carbocycles. The van der Waals surface area contributed by atoms with E-state index in [1.807, 2.05) is 32.2 Å². The van der Waals surface area contributed by atoms with Crippen molar-refractivity contribution in [3.05, 3.63) is 41.5 Å². The SMILES string of the molecule is Cc1cn2nc(-c3cc(F)c4nc(N5CCC6(CCCN6C)CC5)oc4c3)cc(C)c2n1. The number of rotatable bonds is 2. The third-order valence-electron chi connectivity index (χ3n) is 7.37. The fraction of sp³-hybridized carbons (Fsp3) is 0.458. The van der Waals surface area contributed by atoms with Crippen molar-refractivity contribution in [1.29, 1.82) is 0 Å². The highest BCUT2D eigenvalue weighted by Crippen LogP contribution is 2.39. The summed E-state index contributed by atoms with van der Waals surface area (Å²) in [6.07, 6.45) is 6.58. The first-order chi connectivity index (χ1) is 15.4. The first kappa shape index (κ1) is 19.7. The molecule has 6 rings (SSSR count). The van der Waals surface area contributed by atoms with E-state index in [1.165, 1.54) is 25.5 Å². The summed E-state index contributed by atoms with van der Waals surface area (Å²) >= 11 is 0. The van der Waals surface area contributed by atoms with Gasteiger partial charge in [0.15, 0.2) is 17.0 Å². The topological polar surface area (TPSA) is 62.7 Å². The lowest BCUT2D eigenvalue weighted by Gasteiger charge is -2.43. The monoisotopic (exact) mass is 434 g/mol. The van der Waals surface area contributed by atoms with Crippen molar-refractivity contribution in [3.8, 4) is 11.3 Å². The molecule has 2 aliphatic rings. The molecule has 0 N–H and O–H groups in total. The number of piperidine rings is 1. The lowest BCUT2D eigenvalue weighted by Crippen LogP contribution is -2.50. The van der Waals surface area contributed by atoms with Crippen molar-refractivity contribution in [1.82, 2.24) is 24.5 Å². The summed E-state index contributed by atoms with van der Waals surface area (Å²) in [5.74, 6) is -0.391. The molecule has 3 aromatic heterocycles. The number of oxazole rings is 1. The van der Waals surface area contributed by atoms with E-state index >= 15 is 4.39 Å². The fourth-order valence-corrected chi connectivity index (χ4v) is 5.47. The molecule has 0 radical (unpaired) electrons. The van der Waals surface area contributed by atoms with Crippen molar-refractivity contribution < 1.29 is 8.81 Å². The van der Waals surface area contributed by atoms with Crippen LogP contribution in [0.15, 0.2) is 28.8 Å². The van der Waals surface area contributed by atoms with Gasteiger partial charge < -0.3 is 14.2 Å². The highest BCUT2D eigenvalue weighted by atomic mass is 19.1. The van der Waals surface area contributed by atoms with Crippen LogP contribution in [0.4, 0.5) is 10.4 Å². The molecule has 2 saturated heterocycles. The van der Waals surface area contributed by atoms with Gasteiger partial charge in [0.1, 0.15) is 5.52 Å². The number of hydrogen-bond donors (Lipinski definition) is 0. The third kappa shape index (κ3) is 3.00. The standard InChI is InChI=1S/C24H27FN6O/c1-15-11-19(28-31-14-16(2)26-22(15)31)17-12-18(25)21-20(13-17)32-23(27-21)30-9-6-24(7-10-30)5-4-8-29(24)3/h11-14H,4-10H2,1-3H3. The predicted octanol–water partition coefficient (Wildman–Crippen LogP) is 4.36. The predicted molar refractivity (Wildman–Crippen MR) is 121 cm³/mol. The Bertz CT molecular complexity index is 1330. The molecule has 8 heteroatoms. The average molecular weight is 435 g/mol. The highest BCUT2D eigenvalue weighted by molar-refractivity contribution is 5.81. The largest absolute Gasteiger partial charge is 0.423 e. The average Bonchev–Trinajstić information content (AvgIpc) is 3.46. The molecule has 7 nitrogen and oxygen atoms in total. The molecule has 4 aromatic rings. The second-order valence-corrected chi connectivity index (χ2v) is 9.40. The van der Waals surface area contributed by atoms with Crippen molar-refractivity contribution in [2.45, 2.75) is 45.1 Å². The van der Waals surface area contributed by atoms with E-state index in [4.69, 9.17) is 4.42 Å². The Morgan fingerprint density at radius 3 is 2.59 bits per heavy atom. The molecule has 2 aliphatic heterocycles. The summed E-state index contributed by atoms with van der Waals surface area (Å²) in [4.78, 5) is 13.7. The van der Waals surface area contributed by atoms with Gasteiger partial charge in [0.05, 0.1) is 17.6 Å². The van der Waals surface area contributed by atoms with Gasteiger partial charge in [-0.3, -0.25) is 0 Å². The summed E-state index contributed by atoms with van der Waals surface area (Å²) < 4.78 is 22.8. The zero-order chi connectivity index (χ0) is 22.0. The Morgan fingerprint density at radius 2 is 1.84 bits per heavy atom. The molecule has 1 aromatic carbocycles. The fourth-order valence-electron chi connectivity index (χ4n) is 5.47. The zero-order valence-electron chi connectivity index (χ0n) is 18.7. The van der Waals surface area contributed by atoms with Crippen molar-refractivity contribution >= 4 is 22.8 Å². The van der Waals surface area contributed by atoms with Crippen LogP contribution in [0, 0.1) is 19.7 Å². The van der Waals surface area contributed by atoms with Crippen LogP contribution >= 0.6 is 0 Å². The van der Waals surface area contributed by atoms with Crippen LogP contribution < -0.4 is 4.90 Å². The van der Waals surface area contributed by atoms with Crippen LogP contribution in [-0.4, -0.2) is 56.7 Å². The maximum Gasteiger partial charge on any atom is 0.298 e. The molecular weight excluding hydrogens is 407 g/mol. The van der Waals surface area contributed by atoms with Gasteiger partial charge in [0.2, 0.25) is 0 Å². The van der Waals surface area contributed by atoms with Crippen molar-refractivity contribution in [2.24, 2.45) is 0 Å². The van der Waals surface area contributed by atoms with E-state index in [9.17, 15) is 0 Å². The van der Waals surface area contributed by atoms with Gasteiger partial charge in [-0.1, -0.05) is 0 Å². The molecule has 0 amide bonds. The van der Waals surface area contributed by atoms with Gasteiger partial charge in [-0.25, -0.2) is 13.9 Å². The van der Waals surface area contributed by atoms with E-state index < -0.39 is 5.82 Å². The minimum atomic E-state index is -0.391. The first-order valence-electron chi connectivity index (χ1n) is 11.3. The van der Waals surface area contributed by atoms with Crippen LogP contribution in [0.5, 0.6) is 0 Å². The Labute approximate surface area is 185 Å². The van der Waals surface area contributed by atoms with E-state index in [0.29, 0.717) is 28.4 Å². The number of halogens is 1. The van der Waals surface area contributed by atoms with E-state index in [2.05, 4.69) is 31.9 Å². The molecular formula is C24H27FN6O. The summed E-state index contributed by atoms with van der Waals surface area (Å²) in [7, 11) is 2.23. The van der Waals surface area contributed by atoms with Gasteiger partial charge in [-0.15, -0.1) is 0 Å². The Kier molecular flexibility index (Phi) is 4.30. The maximum atomic E-state index is 15.0. The molecule has 0 bridgehead atoms. The van der Waals surface area contributed by atoms with Crippen molar-refractivity contribution in [3.63, 3.8) is 0 Å². The van der Waals surface area contributed by atoms with E-state index in [1.54, 1.807) is 4.52 Å². The molecule has 0 atom stereocenters. The van der Waals surface area contributed by atoms with Gasteiger partial charge in [0, 0.05) is 24.2 Å². The van der Waals surface area contributed by atoms with Gasteiger partial charge in [-0.05, 0) is 76.9 Å². The number of benzene rings is 1. The van der Waals surface area contributed by atoms with Crippen LogP contribution in [0.2, 0.25) is 0 Å². The van der Waals surface area contributed by atoms with Gasteiger partial charge >= 0.3 is 0 Å². The lowest BCUT2D eigenvalue weighted by molar-refractivity contribution is 0.136. The van der Waals surface area contributed by atoms with E-state index in [-0.39, 0.29) is 5.52 Å². The minimum absolute atomic E-state index is 0.276. The second kappa shape index (κ2) is 7.00. The van der Waals surface area contributed by atoms with Crippen molar-refractivity contribution in [2.75, 3.05) is 31.6 Å². The van der Waals surface area contributed by atoms with Gasteiger partial charge in [-0.2, -0.15) is 10.1 Å². The summed E-state index contributed by atoms with van der Waals surface area (Å²) in [5, 5.41) is 4.63. The van der Waals surface area contributed by atoms with E-state index in [0.717, 1.165) is 42.8 Å². The quantitative estimate of drug-likeness (QED) is 0.467. The van der Waals surface area contributed by atoms with Crippen LogP contribution in [0.25, 0.3) is 28.0 Å². The van der Waals surface area contributed by atoms with Gasteiger partial charge in [0.25, 0.3) is 6.01 Å². The summed E-state index contributed by atoms with van der Waals surface area (Å²) in [6.45, 7) is 6.85. The third-order valence-corrected chi connectivity index (χ3v) is 7.37.